The molecule has 0 aromatic carbocycles. The predicted molar refractivity (Wildman–Crippen MR) is 110 cm³/mol. The molecule has 34 heavy (non-hydrogen) atoms. The first-order chi connectivity index (χ1) is 15.7. The van der Waals surface area contributed by atoms with Crippen molar-refractivity contribution in [3.63, 3.8) is 0 Å². The fourth-order valence-electron chi connectivity index (χ4n) is 3.25. The maximum absolute atomic E-state index is 11.7. The van der Waals surface area contributed by atoms with E-state index in [9.17, 15) is 29.0 Å². The van der Waals surface area contributed by atoms with Gasteiger partial charge in [0.1, 0.15) is 35.6 Å². The molecule has 1 saturated heterocycles. The minimum atomic E-state index is -5.36. The third kappa shape index (κ3) is 5.45. The number of phosphoric ester groups is 1. The van der Waals surface area contributed by atoms with Crippen LogP contribution in [0, 0.1) is 11.8 Å². The molecule has 0 aliphatic carbocycles. The van der Waals surface area contributed by atoms with E-state index in [1.807, 2.05) is 0 Å². The molecule has 0 radical (unpaired) electrons. The number of carbonyl (C=O) groups excluding carboxylic acids is 1. The van der Waals surface area contributed by atoms with Gasteiger partial charge in [-0.1, -0.05) is 5.92 Å². The first kappa shape index (κ1) is 26.2. The van der Waals surface area contributed by atoms with Gasteiger partial charge in [-0.05, 0) is 6.92 Å². The molecule has 0 spiro atoms. The number of aliphatic hydroxyl groups excluding tert-OH is 1. The Balaban J connectivity index is 1.95. The van der Waals surface area contributed by atoms with Gasteiger partial charge in [0.25, 0.3) is 0 Å². The number of aromatic nitrogens is 3. The fraction of sp³-hybridized carbons (Fsp3) is 0.438. The molecule has 5 atom stereocenters. The van der Waals surface area contributed by atoms with Crippen molar-refractivity contribution in [2.45, 2.75) is 31.0 Å². The number of anilines is 1. The molecule has 16 nitrogen and oxygen atoms in total. The molecule has 1 fully saturated rings. The van der Waals surface area contributed by atoms with Gasteiger partial charge in [-0.3, -0.25) is 4.52 Å². The van der Waals surface area contributed by atoms with Gasteiger partial charge < -0.3 is 44.7 Å². The quantitative estimate of drug-likeness (QED) is 0.148. The third-order valence-corrected chi connectivity index (χ3v) is 6.89. The van der Waals surface area contributed by atoms with Crippen molar-refractivity contribution in [1.29, 1.82) is 0 Å². The maximum atomic E-state index is 11.7. The Labute approximate surface area is 191 Å². The Morgan fingerprint density at radius 1 is 1.35 bits per heavy atom. The molecule has 7 N–H and O–H groups in total. The van der Waals surface area contributed by atoms with Crippen LogP contribution in [-0.2, 0) is 32.2 Å². The Morgan fingerprint density at radius 2 is 2.03 bits per heavy atom. The number of fused-ring (bicyclic) bond motifs is 1. The summed E-state index contributed by atoms with van der Waals surface area (Å²) in [5.74, 6) is 3.93. The molecule has 2 aromatic rings. The summed E-state index contributed by atoms with van der Waals surface area (Å²) in [6.45, 7) is 0.302. The van der Waals surface area contributed by atoms with Crippen LogP contribution in [0.2, 0.25) is 0 Å². The lowest BCUT2D eigenvalue weighted by atomic mass is 9.96. The third-order valence-electron chi connectivity index (χ3n) is 4.74. The second kappa shape index (κ2) is 9.33. The van der Waals surface area contributed by atoms with Crippen LogP contribution in [0.25, 0.3) is 11.0 Å². The first-order valence-electron chi connectivity index (χ1n) is 9.17. The van der Waals surface area contributed by atoms with Gasteiger partial charge in [0, 0.05) is 12.1 Å². The normalized spacial score (nSPS) is 26.6. The Bertz CT molecular complexity index is 1260. The zero-order valence-electron chi connectivity index (χ0n) is 17.5. The topological polar surface area (TPSA) is 246 Å². The summed E-state index contributed by atoms with van der Waals surface area (Å²) in [5.41, 5.74) is 4.15. The Morgan fingerprint density at radius 3 is 2.65 bits per heavy atom. The highest BCUT2D eigenvalue weighted by Gasteiger charge is 2.54. The average Bonchev–Trinajstić information content (AvgIpc) is 3.19. The Hall–Kier alpha value is -2.41. The van der Waals surface area contributed by atoms with Gasteiger partial charge in [-0.2, -0.15) is 4.31 Å². The minimum absolute atomic E-state index is 0.00760. The molecule has 186 valence electrons. The van der Waals surface area contributed by atoms with Crippen LogP contribution in [0.3, 0.4) is 0 Å². The first-order valence-corrected chi connectivity index (χ1v) is 12.2. The summed E-state index contributed by atoms with van der Waals surface area (Å²) in [6.07, 6.45) is -2.11. The lowest BCUT2D eigenvalue weighted by Gasteiger charge is -2.27. The number of rotatable bonds is 6. The van der Waals surface area contributed by atoms with Crippen molar-refractivity contribution < 1.29 is 57.1 Å². The van der Waals surface area contributed by atoms with Crippen molar-refractivity contribution in [2.75, 3.05) is 19.5 Å². The Kier molecular flexibility index (Phi) is 7.19. The number of nitrogens with zero attached hydrogens (tertiary/aromatic N) is 3. The predicted octanol–water partition coefficient (Wildman–Crippen LogP) is -1.23. The van der Waals surface area contributed by atoms with E-state index >= 15 is 0 Å². The summed E-state index contributed by atoms with van der Waals surface area (Å²) in [4.78, 5) is 46.2. The van der Waals surface area contributed by atoms with E-state index in [0.717, 1.165) is 13.4 Å². The summed E-state index contributed by atoms with van der Waals surface area (Å²) in [5, 5.41) is 21.7. The zero-order valence-corrected chi connectivity index (χ0v) is 19.3. The van der Waals surface area contributed by atoms with Crippen LogP contribution in [0.4, 0.5) is 5.82 Å². The summed E-state index contributed by atoms with van der Waals surface area (Å²) in [6, 6.07) is 0. The largest absolute Gasteiger partial charge is 0.481 e. The highest BCUT2D eigenvalue weighted by atomic mass is 31.3. The fourth-order valence-corrected chi connectivity index (χ4v) is 4.85. The molecule has 3 heterocycles. The van der Waals surface area contributed by atoms with E-state index in [2.05, 4.69) is 35.4 Å². The molecule has 0 saturated carbocycles. The molecular formula is C16H20N4O12P2. The number of hydrogen-bond acceptors (Lipinski definition) is 12. The standard InChI is InChI=1S/C16H20N4O12P2/c1-16(23)12(22)9(6-30-34(27,28)32-33(24,25)26)31-15(16)20-5-8(3-4-10(21)29-2)11-13(17)18-7-19-14(11)20/h5,7,9,12,15,22-23H,6H2,1-2H3,(H,27,28)(H2,17,18,19)(H2,24,25,26)/t9?,12?,15?,16-/m1/s1. The van der Waals surface area contributed by atoms with Gasteiger partial charge in [0.15, 0.2) is 6.23 Å². The van der Waals surface area contributed by atoms with Gasteiger partial charge in [-0.25, -0.2) is 23.9 Å². The van der Waals surface area contributed by atoms with E-state index in [0.29, 0.717) is 0 Å². The molecular weight excluding hydrogens is 502 g/mol. The second-order valence-electron chi connectivity index (χ2n) is 7.18. The summed E-state index contributed by atoms with van der Waals surface area (Å²) < 4.78 is 42.0. The SMILES string of the molecule is COC(=O)C#Cc1cn(C2OC(COP(=O)(O)OP(=O)(O)O)C(O)[C@@]2(C)O)c2ncnc(N)c12. The van der Waals surface area contributed by atoms with E-state index < -0.39 is 52.3 Å². The lowest BCUT2D eigenvalue weighted by Crippen LogP contribution is -2.44. The number of phosphoric acid groups is 2. The number of hydrogen-bond donors (Lipinski definition) is 6. The number of esters is 1. The molecule has 0 bridgehead atoms. The molecule has 0 amide bonds. The average molecular weight is 522 g/mol. The van der Waals surface area contributed by atoms with Crippen molar-refractivity contribution in [3.8, 4) is 11.8 Å². The van der Waals surface area contributed by atoms with Crippen molar-refractivity contribution in [1.82, 2.24) is 14.5 Å². The molecule has 1 aliphatic heterocycles. The van der Waals surface area contributed by atoms with Crippen LogP contribution in [0.1, 0.15) is 18.7 Å². The number of aliphatic hydroxyl groups is 2. The van der Waals surface area contributed by atoms with Crippen molar-refractivity contribution in [2.24, 2.45) is 0 Å². The second-order valence-corrected chi connectivity index (χ2v) is 10.0. The van der Waals surface area contributed by atoms with Gasteiger partial charge in [-0.15, -0.1) is 0 Å². The highest BCUT2D eigenvalue weighted by Crippen LogP contribution is 2.58. The minimum Gasteiger partial charge on any atom is -0.459 e. The van der Waals surface area contributed by atoms with Crippen molar-refractivity contribution in [3.05, 3.63) is 18.1 Å². The maximum Gasteiger partial charge on any atom is 0.481 e. The highest BCUT2D eigenvalue weighted by molar-refractivity contribution is 7.60. The number of nitrogens with two attached hydrogens (primary N) is 1. The van der Waals surface area contributed by atoms with Crippen LogP contribution < -0.4 is 5.73 Å². The van der Waals surface area contributed by atoms with Crippen LogP contribution in [-0.4, -0.2) is 76.9 Å². The van der Waals surface area contributed by atoms with Gasteiger partial charge >= 0.3 is 21.6 Å². The van der Waals surface area contributed by atoms with Crippen molar-refractivity contribution >= 4 is 38.5 Å². The zero-order chi connectivity index (χ0) is 25.5. The molecule has 1 aliphatic rings. The molecule has 2 aromatic heterocycles. The van der Waals surface area contributed by atoms with Crippen LogP contribution in [0.15, 0.2) is 12.5 Å². The monoisotopic (exact) mass is 522 g/mol. The number of nitrogen functional groups attached to an aromatic ring is 1. The van der Waals surface area contributed by atoms with E-state index in [4.69, 9.17) is 20.3 Å². The number of methoxy groups -OCH3 is 1. The molecule has 18 heteroatoms. The van der Waals surface area contributed by atoms with Crippen LogP contribution >= 0.6 is 15.6 Å². The van der Waals surface area contributed by atoms with E-state index in [1.54, 1.807) is 0 Å². The van der Waals surface area contributed by atoms with Gasteiger partial charge in [0.2, 0.25) is 0 Å². The lowest BCUT2D eigenvalue weighted by molar-refractivity contribution is -0.133. The molecule has 4 unspecified atom stereocenters. The number of ether oxygens (including phenoxy) is 2. The smallest absolute Gasteiger partial charge is 0.459 e. The van der Waals surface area contributed by atoms with E-state index in [-0.39, 0.29) is 22.4 Å². The summed E-state index contributed by atoms with van der Waals surface area (Å²) in [7, 11) is -9.45. The van der Waals surface area contributed by atoms with Gasteiger partial charge in [0.05, 0.1) is 24.7 Å². The molecule has 3 rings (SSSR count). The number of carbonyl (C=O) groups is 1. The van der Waals surface area contributed by atoms with Crippen LogP contribution in [0.5, 0.6) is 0 Å². The summed E-state index contributed by atoms with van der Waals surface area (Å²) >= 11 is 0. The van der Waals surface area contributed by atoms with E-state index in [1.165, 1.54) is 17.7 Å².